The zero-order chi connectivity index (χ0) is 15.5. The van der Waals surface area contributed by atoms with Gasteiger partial charge in [-0.15, -0.1) is 11.3 Å². The van der Waals surface area contributed by atoms with Crippen LogP contribution in [-0.2, 0) is 6.54 Å². The average Bonchev–Trinajstić information content (AvgIpc) is 3.19. The summed E-state index contributed by atoms with van der Waals surface area (Å²) in [6, 6.07) is 0.640. The summed E-state index contributed by atoms with van der Waals surface area (Å²) >= 11 is 1.71. The molecule has 1 N–H and O–H groups in total. The maximum Gasteiger partial charge on any atom is 0.193 e. The van der Waals surface area contributed by atoms with E-state index in [1.807, 2.05) is 7.05 Å². The number of aromatic nitrogens is 1. The highest BCUT2D eigenvalue weighted by molar-refractivity contribution is 7.09. The van der Waals surface area contributed by atoms with Crippen LogP contribution in [-0.4, -0.2) is 36.0 Å². The van der Waals surface area contributed by atoms with Crippen LogP contribution in [0, 0.1) is 18.8 Å². The molecule has 122 valence electrons. The zero-order valence-corrected chi connectivity index (χ0v) is 14.8. The highest BCUT2D eigenvalue weighted by atomic mass is 32.1. The first-order valence-corrected chi connectivity index (χ1v) is 9.41. The van der Waals surface area contributed by atoms with Gasteiger partial charge in [0.1, 0.15) is 0 Å². The fourth-order valence-corrected chi connectivity index (χ4v) is 4.38. The van der Waals surface area contributed by atoms with E-state index in [1.165, 1.54) is 38.5 Å². The van der Waals surface area contributed by atoms with Gasteiger partial charge in [0.25, 0.3) is 0 Å². The lowest BCUT2D eigenvalue weighted by molar-refractivity contribution is 0.314. The van der Waals surface area contributed by atoms with Gasteiger partial charge in [-0.2, -0.15) is 0 Å². The Morgan fingerprint density at radius 1 is 1.41 bits per heavy atom. The minimum atomic E-state index is 0.640. The van der Waals surface area contributed by atoms with Crippen LogP contribution >= 0.6 is 11.3 Å². The Hall–Kier alpha value is -1.10. The van der Waals surface area contributed by atoms with Crippen molar-refractivity contribution in [2.45, 2.75) is 58.0 Å². The molecular weight excluding hydrogens is 292 g/mol. The number of aliphatic imine (C=N–C) groups is 1. The highest BCUT2D eigenvalue weighted by Gasteiger charge is 2.43. The predicted octanol–water partition coefficient (Wildman–Crippen LogP) is 3.43. The molecule has 5 heteroatoms. The molecule has 0 spiro atoms. The van der Waals surface area contributed by atoms with E-state index in [9.17, 15) is 0 Å². The molecule has 2 fully saturated rings. The molecule has 2 saturated carbocycles. The fraction of sp³-hybridized carbons (Fsp3) is 0.765. The topological polar surface area (TPSA) is 40.5 Å². The van der Waals surface area contributed by atoms with Gasteiger partial charge >= 0.3 is 0 Å². The largest absolute Gasteiger partial charge is 0.353 e. The van der Waals surface area contributed by atoms with E-state index in [4.69, 9.17) is 0 Å². The molecule has 1 aromatic heterocycles. The zero-order valence-electron chi connectivity index (χ0n) is 14.0. The molecular formula is C17H28N4S. The Morgan fingerprint density at radius 3 is 2.82 bits per heavy atom. The lowest BCUT2D eigenvalue weighted by atomic mass is 9.85. The SMILES string of the molecule is CN=C(NC1CC1C1CCCCC1)N(C)Cc1csc(C)n1. The number of nitrogens with one attached hydrogen (secondary N) is 1. The van der Waals surface area contributed by atoms with Crippen molar-refractivity contribution in [2.75, 3.05) is 14.1 Å². The molecule has 1 heterocycles. The van der Waals surface area contributed by atoms with E-state index < -0.39 is 0 Å². The van der Waals surface area contributed by atoms with Crippen LogP contribution in [0.15, 0.2) is 10.4 Å². The minimum Gasteiger partial charge on any atom is -0.353 e. The fourth-order valence-electron chi connectivity index (χ4n) is 3.77. The van der Waals surface area contributed by atoms with E-state index in [-0.39, 0.29) is 0 Å². The second-order valence-corrected chi connectivity index (χ2v) is 7.87. The molecule has 2 aliphatic carbocycles. The molecule has 4 nitrogen and oxygen atoms in total. The Labute approximate surface area is 138 Å². The van der Waals surface area contributed by atoms with Gasteiger partial charge in [-0.1, -0.05) is 32.1 Å². The van der Waals surface area contributed by atoms with E-state index in [2.05, 4.69) is 39.5 Å². The summed E-state index contributed by atoms with van der Waals surface area (Å²) in [6.07, 6.45) is 8.52. The van der Waals surface area contributed by atoms with Crippen molar-refractivity contribution in [1.29, 1.82) is 0 Å². The maximum absolute atomic E-state index is 4.54. The normalized spacial score (nSPS) is 26.0. The second-order valence-electron chi connectivity index (χ2n) is 6.81. The Kier molecular flexibility index (Phi) is 5.01. The third-order valence-electron chi connectivity index (χ3n) is 5.05. The summed E-state index contributed by atoms with van der Waals surface area (Å²) in [5.74, 6) is 2.84. The van der Waals surface area contributed by atoms with Crippen LogP contribution in [0.4, 0.5) is 0 Å². The molecule has 0 aromatic carbocycles. The molecule has 2 aliphatic rings. The van der Waals surface area contributed by atoms with Gasteiger partial charge in [-0.05, 0) is 25.2 Å². The number of hydrogen-bond donors (Lipinski definition) is 1. The van der Waals surface area contributed by atoms with Crippen molar-refractivity contribution in [1.82, 2.24) is 15.2 Å². The minimum absolute atomic E-state index is 0.640. The number of hydrogen-bond acceptors (Lipinski definition) is 3. The monoisotopic (exact) mass is 320 g/mol. The predicted molar refractivity (Wildman–Crippen MR) is 93.3 cm³/mol. The first-order chi connectivity index (χ1) is 10.7. The smallest absolute Gasteiger partial charge is 0.193 e. The number of aryl methyl sites for hydroxylation is 1. The summed E-state index contributed by atoms with van der Waals surface area (Å²) < 4.78 is 0. The Balaban J connectivity index is 1.50. The van der Waals surface area contributed by atoms with Crippen molar-refractivity contribution in [3.05, 3.63) is 16.1 Å². The number of nitrogens with zero attached hydrogens (tertiary/aromatic N) is 3. The molecule has 2 atom stereocenters. The standard InChI is InChI=1S/C17H28N4S/c1-12-19-14(11-22-12)10-21(3)17(18-2)20-16-9-15(16)13-7-5-4-6-8-13/h11,13,15-16H,4-10H2,1-3H3,(H,18,20). The second kappa shape index (κ2) is 6.99. The van der Waals surface area contributed by atoms with Crippen molar-refractivity contribution in [2.24, 2.45) is 16.8 Å². The van der Waals surface area contributed by atoms with Crippen LogP contribution in [0.2, 0.25) is 0 Å². The summed E-state index contributed by atoms with van der Waals surface area (Å²) in [7, 11) is 3.98. The van der Waals surface area contributed by atoms with Gasteiger partial charge in [-0.3, -0.25) is 4.99 Å². The molecule has 0 amide bonds. The Bertz CT molecular complexity index is 518. The van der Waals surface area contributed by atoms with Crippen LogP contribution in [0.1, 0.15) is 49.2 Å². The highest BCUT2D eigenvalue weighted by Crippen LogP contribution is 2.44. The third kappa shape index (κ3) is 3.80. The van der Waals surface area contributed by atoms with E-state index in [0.29, 0.717) is 6.04 Å². The van der Waals surface area contributed by atoms with Crippen LogP contribution in [0.5, 0.6) is 0 Å². The third-order valence-corrected chi connectivity index (χ3v) is 5.87. The summed E-state index contributed by atoms with van der Waals surface area (Å²) in [5, 5.41) is 6.94. The van der Waals surface area contributed by atoms with Gasteiger partial charge in [0.2, 0.25) is 0 Å². The lowest BCUT2D eigenvalue weighted by Crippen LogP contribution is -2.40. The van der Waals surface area contributed by atoms with Crippen LogP contribution in [0.3, 0.4) is 0 Å². The first-order valence-electron chi connectivity index (χ1n) is 8.53. The van der Waals surface area contributed by atoms with Crippen molar-refractivity contribution in [3.63, 3.8) is 0 Å². The summed E-state index contributed by atoms with van der Waals surface area (Å²) in [6.45, 7) is 2.88. The van der Waals surface area contributed by atoms with Gasteiger partial charge < -0.3 is 10.2 Å². The molecule has 0 radical (unpaired) electrons. The molecule has 2 unspecified atom stereocenters. The number of rotatable bonds is 4. The van der Waals surface area contributed by atoms with E-state index in [0.717, 1.165) is 35.0 Å². The van der Waals surface area contributed by atoms with Crippen LogP contribution < -0.4 is 5.32 Å². The molecule has 0 aliphatic heterocycles. The quantitative estimate of drug-likeness (QED) is 0.682. The lowest BCUT2D eigenvalue weighted by Gasteiger charge is -2.24. The molecule has 0 bridgehead atoms. The van der Waals surface area contributed by atoms with E-state index >= 15 is 0 Å². The molecule has 22 heavy (non-hydrogen) atoms. The molecule has 3 rings (SSSR count). The van der Waals surface area contributed by atoms with Gasteiger partial charge in [0.05, 0.1) is 17.2 Å². The van der Waals surface area contributed by atoms with Gasteiger partial charge in [-0.25, -0.2) is 4.98 Å². The molecule has 1 aromatic rings. The maximum atomic E-state index is 4.54. The van der Waals surface area contributed by atoms with Crippen molar-refractivity contribution in [3.8, 4) is 0 Å². The van der Waals surface area contributed by atoms with Crippen LogP contribution in [0.25, 0.3) is 0 Å². The van der Waals surface area contributed by atoms with E-state index in [1.54, 1.807) is 11.3 Å². The van der Waals surface area contributed by atoms with Crippen molar-refractivity contribution < 1.29 is 0 Å². The Morgan fingerprint density at radius 2 is 2.18 bits per heavy atom. The first kappa shape index (κ1) is 15.8. The number of thiazole rings is 1. The molecule has 0 saturated heterocycles. The average molecular weight is 321 g/mol. The van der Waals surface area contributed by atoms with Crippen molar-refractivity contribution >= 4 is 17.3 Å². The summed E-state index contributed by atoms with van der Waals surface area (Å²) in [4.78, 5) is 11.2. The summed E-state index contributed by atoms with van der Waals surface area (Å²) in [5.41, 5.74) is 1.13. The van der Waals surface area contributed by atoms with Gasteiger partial charge in [0.15, 0.2) is 5.96 Å². The number of guanidine groups is 1. The van der Waals surface area contributed by atoms with Gasteiger partial charge in [0, 0.05) is 25.5 Å².